The average molecular weight is 277 g/mol. The van der Waals surface area contributed by atoms with Crippen molar-refractivity contribution >= 4 is 0 Å². The molecule has 0 radical (unpaired) electrons. The molecule has 0 amide bonds. The minimum absolute atomic E-state index is 0.0776. The third-order valence-corrected chi connectivity index (χ3v) is 4.26. The predicted octanol–water partition coefficient (Wildman–Crippen LogP) is 1.88. The van der Waals surface area contributed by atoms with E-state index in [1.54, 1.807) is 7.11 Å². The molecule has 1 aliphatic heterocycles. The van der Waals surface area contributed by atoms with Crippen molar-refractivity contribution in [1.29, 1.82) is 0 Å². The Morgan fingerprint density at radius 1 is 1.40 bits per heavy atom. The molecule has 0 spiro atoms. The molecule has 1 saturated carbocycles. The topological polar surface area (TPSA) is 50.7 Å². The van der Waals surface area contributed by atoms with E-state index in [0.717, 1.165) is 49.4 Å². The molecular weight excluding hydrogens is 254 g/mol. The molecule has 3 rings (SSSR count). The SMILES string of the molecule is COc1cc2c(cc1CNCC1CC(O)C1)OC(C)C2. The predicted molar refractivity (Wildman–Crippen MR) is 77.2 cm³/mol. The summed E-state index contributed by atoms with van der Waals surface area (Å²) in [5, 5.41) is 12.7. The standard InChI is InChI=1S/C16H23NO3/c1-10-3-12-6-15(19-2)13(7-16(12)20-10)9-17-8-11-4-14(18)5-11/h6-7,10-11,14,17-18H,3-5,8-9H2,1-2H3. The third kappa shape index (κ3) is 2.76. The fourth-order valence-electron chi connectivity index (χ4n) is 3.09. The number of benzene rings is 1. The molecule has 1 aromatic carbocycles. The molecule has 110 valence electrons. The monoisotopic (exact) mass is 277 g/mol. The molecule has 2 aliphatic rings. The number of aliphatic hydroxyl groups is 1. The lowest BCUT2D eigenvalue weighted by Crippen LogP contribution is -2.35. The lowest BCUT2D eigenvalue weighted by atomic mass is 9.82. The summed E-state index contributed by atoms with van der Waals surface area (Å²) in [5.74, 6) is 2.54. The number of fused-ring (bicyclic) bond motifs is 1. The van der Waals surface area contributed by atoms with Crippen LogP contribution < -0.4 is 14.8 Å². The maximum atomic E-state index is 9.28. The van der Waals surface area contributed by atoms with E-state index < -0.39 is 0 Å². The first-order chi connectivity index (χ1) is 9.65. The Bertz CT molecular complexity index is 483. The number of hydrogen-bond acceptors (Lipinski definition) is 4. The molecule has 20 heavy (non-hydrogen) atoms. The van der Waals surface area contributed by atoms with Crippen LogP contribution in [0, 0.1) is 5.92 Å². The first-order valence-corrected chi connectivity index (χ1v) is 7.41. The van der Waals surface area contributed by atoms with Gasteiger partial charge < -0.3 is 19.9 Å². The van der Waals surface area contributed by atoms with Gasteiger partial charge in [0, 0.05) is 24.1 Å². The van der Waals surface area contributed by atoms with Crippen LogP contribution in [0.3, 0.4) is 0 Å². The zero-order valence-corrected chi connectivity index (χ0v) is 12.2. The molecule has 1 heterocycles. The van der Waals surface area contributed by atoms with Gasteiger partial charge in [-0.15, -0.1) is 0 Å². The van der Waals surface area contributed by atoms with Crippen LogP contribution in [-0.4, -0.2) is 31.0 Å². The van der Waals surface area contributed by atoms with Crippen LogP contribution in [-0.2, 0) is 13.0 Å². The molecule has 0 saturated heterocycles. The van der Waals surface area contributed by atoms with Crippen molar-refractivity contribution in [3.63, 3.8) is 0 Å². The molecule has 4 nitrogen and oxygen atoms in total. The Morgan fingerprint density at radius 2 is 2.20 bits per heavy atom. The normalized spacial score (nSPS) is 27.6. The summed E-state index contributed by atoms with van der Waals surface area (Å²) >= 11 is 0. The van der Waals surface area contributed by atoms with Crippen molar-refractivity contribution in [3.05, 3.63) is 23.3 Å². The van der Waals surface area contributed by atoms with Crippen LogP contribution in [0.5, 0.6) is 11.5 Å². The maximum absolute atomic E-state index is 9.28. The van der Waals surface area contributed by atoms with Gasteiger partial charge in [0.25, 0.3) is 0 Å². The van der Waals surface area contributed by atoms with Crippen LogP contribution in [0.4, 0.5) is 0 Å². The molecule has 1 aromatic rings. The highest BCUT2D eigenvalue weighted by Gasteiger charge is 2.26. The van der Waals surface area contributed by atoms with Gasteiger partial charge in [0.1, 0.15) is 17.6 Å². The number of aliphatic hydroxyl groups excluding tert-OH is 1. The molecule has 2 N–H and O–H groups in total. The summed E-state index contributed by atoms with van der Waals surface area (Å²) in [6, 6.07) is 4.20. The number of nitrogens with one attached hydrogen (secondary N) is 1. The summed E-state index contributed by atoms with van der Waals surface area (Å²) in [6.45, 7) is 3.82. The molecular formula is C16H23NO3. The van der Waals surface area contributed by atoms with E-state index >= 15 is 0 Å². The van der Waals surface area contributed by atoms with Gasteiger partial charge in [-0.05, 0) is 44.4 Å². The van der Waals surface area contributed by atoms with Gasteiger partial charge in [0.15, 0.2) is 0 Å². The zero-order valence-electron chi connectivity index (χ0n) is 12.2. The summed E-state index contributed by atoms with van der Waals surface area (Å²) in [5.41, 5.74) is 2.38. The fourth-order valence-corrected chi connectivity index (χ4v) is 3.09. The van der Waals surface area contributed by atoms with Crippen molar-refractivity contribution in [3.8, 4) is 11.5 Å². The van der Waals surface area contributed by atoms with Crippen molar-refractivity contribution in [1.82, 2.24) is 5.32 Å². The Hall–Kier alpha value is -1.26. The quantitative estimate of drug-likeness (QED) is 0.863. The fraction of sp³-hybridized carbons (Fsp3) is 0.625. The molecule has 0 bridgehead atoms. The molecule has 0 aromatic heterocycles. The summed E-state index contributed by atoms with van der Waals surface area (Å²) in [6.07, 6.45) is 2.99. The van der Waals surface area contributed by atoms with Gasteiger partial charge in [0.05, 0.1) is 13.2 Å². The second-order valence-corrected chi connectivity index (χ2v) is 6.03. The lowest BCUT2D eigenvalue weighted by molar-refractivity contribution is 0.0429. The largest absolute Gasteiger partial charge is 0.496 e. The van der Waals surface area contributed by atoms with Gasteiger partial charge in [-0.3, -0.25) is 0 Å². The van der Waals surface area contributed by atoms with E-state index in [1.807, 2.05) is 0 Å². The van der Waals surface area contributed by atoms with Gasteiger partial charge in [-0.1, -0.05) is 0 Å². The highest BCUT2D eigenvalue weighted by molar-refractivity contribution is 5.48. The van der Waals surface area contributed by atoms with Crippen molar-refractivity contribution in [2.24, 2.45) is 5.92 Å². The Balaban J connectivity index is 1.62. The number of ether oxygens (including phenoxy) is 2. The Labute approximate surface area is 120 Å². The van der Waals surface area contributed by atoms with Gasteiger partial charge >= 0.3 is 0 Å². The molecule has 4 heteroatoms. The van der Waals surface area contributed by atoms with E-state index in [4.69, 9.17) is 9.47 Å². The average Bonchev–Trinajstić information content (AvgIpc) is 2.74. The highest BCUT2D eigenvalue weighted by atomic mass is 16.5. The van der Waals surface area contributed by atoms with Crippen LogP contribution >= 0.6 is 0 Å². The van der Waals surface area contributed by atoms with E-state index in [1.165, 1.54) is 5.56 Å². The first-order valence-electron chi connectivity index (χ1n) is 7.41. The zero-order chi connectivity index (χ0) is 14.1. The van der Waals surface area contributed by atoms with Crippen molar-refractivity contribution in [2.45, 2.75) is 44.9 Å². The number of methoxy groups -OCH3 is 1. The van der Waals surface area contributed by atoms with Crippen LogP contribution in [0.2, 0.25) is 0 Å². The van der Waals surface area contributed by atoms with Crippen LogP contribution in [0.25, 0.3) is 0 Å². The number of rotatable bonds is 5. The lowest BCUT2D eigenvalue weighted by Gasteiger charge is -2.31. The number of hydrogen-bond donors (Lipinski definition) is 2. The maximum Gasteiger partial charge on any atom is 0.123 e. The second kappa shape index (κ2) is 5.62. The second-order valence-electron chi connectivity index (χ2n) is 6.03. The summed E-state index contributed by atoms with van der Waals surface area (Å²) < 4.78 is 11.3. The van der Waals surface area contributed by atoms with E-state index in [2.05, 4.69) is 24.4 Å². The van der Waals surface area contributed by atoms with Gasteiger partial charge in [-0.25, -0.2) is 0 Å². The molecule has 1 fully saturated rings. The van der Waals surface area contributed by atoms with Crippen LogP contribution in [0.1, 0.15) is 30.9 Å². The summed E-state index contributed by atoms with van der Waals surface area (Å²) in [7, 11) is 1.72. The van der Waals surface area contributed by atoms with Crippen molar-refractivity contribution in [2.75, 3.05) is 13.7 Å². The van der Waals surface area contributed by atoms with E-state index in [0.29, 0.717) is 5.92 Å². The van der Waals surface area contributed by atoms with Crippen LogP contribution in [0.15, 0.2) is 12.1 Å². The molecule has 1 unspecified atom stereocenters. The minimum atomic E-state index is -0.0776. The minimum Gasteiger partial charge on any atom is -0.496 e. The van der Waals surface area contributed by atoms with Gasteiger partial charge in [-0.2, -0.15) is 0 Å². The van der Waals surface area contributed by atoms with Crippen molar-refractivity contribution < 1.29 is 14.6 Å². The first kappa shape index (κ1) is 13.7. The van der Waals surface area contributed by atoms with Gasteiger partial charge in [0.2, 0.25) is 0 Å². The third-order valence-electron chi connectivity index (χ3n) is 4.26. The Kier molecular flexibility index (Phi) is 3.85. The molecule has 1 aliphatic carbocycles. The molecule has 1 atom stereocenters. The highest BCUT2D eigenvalue weighted by Crippen LogP contribution is 2.35. The smallest absolute Gasteiger partial charge is 0.123 e. The summed E-state index contributed by atoms with van der Waals surface area (Å²) in [4.78, 5) is 0. The van der Waals surface area contributed by atoms with E-state index in [-0.39, 0.29) is 12.2 Å². The van der Waals surface area contributed by atoms with E-state index in [9.17, 15) is 5.11 Å². The Morgan fingerprint density at radius 3 is 2.90 bits per heavy atom.